The van der Waals surface area contributed by atoms with Crippen LogP contribution in [0.2, 0.25) is 0 Å². The molecule has 0 spiro atoms. The molecule has 0 amide bonds. The first-order valence-corrected chi connectivity index (χ1v) is 14.0. The molecule has 2 N–H and O–H groups in total. The van der Waals surface area contributed by atoms with Gasteiger partial charge in [0, 0.05) is 25.1 Å². The van der Waals surface area contributed by atoms with Crippen molar-refractivity contribution in [1.29, 1.82) is 0 Å². The Morgan fingerprint density at radius 2 is 1.97 bits per heavy atom. The molecule has 35 heavy (non-hydrogen) atoms. The molecule has 2 unspecified atom stereocenters. The molecule has 2 aliphatic rings. The normalized spacial score (nSPS) is 24.2. The largest absolute Gasteiger partial charge is 0.419 e. The van der Waals surface area contributed by atoms with Gasteiger partial charge in [0.2, 0.25) is 21.8 Å². The zero-order valence-electron chi connectivity index (χ0n) is 20.3. The Bertz CT molecular complexity index is 1280. The fraction of sp³-hybridized carbons (Fsp3) is 0.480. The Balaban J connectivity index is 1.45. The predicted octanol–water partition coefficient (Wildman–Crippen LogP) is 3.80. The number of anilines is 2. The Hall–Kier alpha value is -2.98. The molecule has 10 heteroatoms. The van der Waals surface area contributed by atoms with Crippen LogP contribution in [0.4, 0.5) is 11.6 Å². The summed E-state index contributed by atoms with van der Waals surface area (Å²) in [7, 11) is -1.99. The second-order valence-electron chi connectivity index (χ2n) is 9.72. The number of nitrogens with zero attached hydrogens (tertiary/aromatic N) is 4. The SMILES string of the molecule is C[C@H]1C[C@@H]1CNc1cc(-c2nnc(C3NCCCC3c3ccccc3)o2)cc(N(C)S(C)(=O)=O)n1. The van der Waals surface area contributed by atoms with Crippen molar-refractivity contribution in [2.24, 2.45) is 11.8 Å². The van der Waals surface area contributed by atoms with Crippen LogP contribution in [0, 0.1) is 11.8 Å². The molecule has 2 aromatic heterocycles. The molecule has 1 aromatic carbocycles. The van der Waals surface area contributed by atoms with Crippen LogP contribution in [0.1, 0.15) is 49.6 Å². The third-order valence-corrected chi connectivity index (χ3v) is 8.28. The van der Waals surface area contributed by atoms with Gasteiger partial charge in [0.25, 0.3) is 0 Å². The number of hydrogen-bond acceptors (Lipinski definition) is 8. The molecule has 4 atom stereocenters. The summed E-state index contributed by atoms with van der Waals surface area (Å²) in [5.41, 5.74) is 1.87. The van der Waals surface area contributed by atoms with Crippen molar-refractivity contribution in [2.45, 2.75) is 38.1 Å². The minimum atomic E-state index is -3.48. The fourth-order valence-corrected chi connectivity index (χ4v) is 5.10. The summed E-state index contributed by atoms with van der Waals surface area (Å²) in [6, 6.07) is 13.8. The lowest BCUT2D eigenvalue weighted by molar-refractivity contribution is 0.303. The van der Waals surface area contributed by atoms with Crippen molar-refractivity contribution in [3.63, 3.8) is 0 Å². The number of sulfonamides is 1. The molecule has 3 heterocycles. The van der Waals surface area contributed by atoms with E-state index >= 15 is 0 Å². The zero-order valence-corrected chi connectivity index (χ0v) is 21.1. The first-order chi connectivity index (χ1) is 16.8. The second kappa shape index (κ2) is 9.58. The Morgan fingerprint density at radius 3 is 2.69 bits per heavy atom. The molecule has 186 valence electrons. The Labute approximate surface area is 206 Å². The predicted molar refractivity (Wildman–Crippen MR) is 136 cm³/mol. The smallest absolute Gasteiger partial charge is 0.248 e. The van der Waals surface area contributed by atoms with E-state index in [1.165, 1.54) is 19.0 Å². The standard InChI is InChI=1S/C25H32N6O3S/c1-16-12-19(16)15-27-21-13-18(14-22(28-21)31(2)35(3,32)33)24-29-30-25(34-24)23-20(10-7-11-26-23)17-8-5-4-6-9-17/h4-6,8-9,13-14,16,19-20,23,26H,7,10-12,15H2,1-3H3,(H,27,28)/t16-,19+,20?,23?/m0/s1. The van der Waals surface area contributed by atoms with E-state index in [1.807, 2.05) is 24.3 Å². The minimum Gasteiger partial charge on any atom is -0.419 e. The molecule has 3 aromatic rings. The van der Waals surface area contributed by atoms with E-state index in [0.29, 0.717) is 40.8 Å². The maximum Gasteiger partial charge on any atom is 0.248 e. The second-order valence-corrected chi connectivity index (χ2v) is 11.7. The summed E-state index contributed by atoms with van der Waals surface area (Å²) in [5, 5.41) is 15.6. The quantitative estimate of drug-likeness (QED) is 0.484. The highest BCUT2D eigenvalue weighted by Gasteiger charge is 2.33. The average molecular weight is 497 g/mol. The van der Waals surface area contributed by atoms with Crippen molar-refractivity contribution in [2.75, 3.05) is 36.0 Å². The number of rotatable bonds is 8. The molecule has 1 aliphatic heterocycles. The minimum absolute atomic E-state index is 0.0821. The molecule has 1 saturated carbocycles. The van der Waals surface area contributed by atoms with Crippen molar-refractivity contribution in [1.82, 2.24) is 20.5 Å². The van der Waals surface area contributed by atoms with Crippen LogP contribution in [0.15, 0.2) is 46.9 Å². The van der Waals surface area contributed by atoms with Gasteiger partial charge < -0.3 is 15.1 Å². The molecule has 9 nitrogen and oxygen atoms in total. The maximum atomic E-state index is 12.2. The van der Waals surface area contributed by atoms with Gasteiger partial charge in [-0.25, -0.2) is 13.4 Å². The third kappa shape index (κ3) is 5.33. The third-order valence-electron chi connectivity index (χ3n) is 7.09. The summed E-state index contributed by atoms with van der Waals surface area (Å²) in [4.78, 5) is 4.53. The molecule has 1 aliphatic carbocycles. The summed E-state index contributed by atoms with van der Waals surface area (Å²) in [6.07, 6.45) is 4.46. The van der Waals surface area contributed by atoms with Gasteiger partial charge in [0.05, 0.1) is 12.3 Å². The summed E-state index contributed by atoms with van der Waals surface area (Å²) in [5.74, 6) is 3.30. The lowest BCUT2D eigenvalue weighted by Gasteiger charge is -2.30. The van der Waals surface area contributed by atoms with E-state index in [-0.39, 0.29) is 12.0 Å². The topological polar surface area (TPSA) is 113 Å². The van der Waals surface area contributed by atoms with Crippen molar-refractivity contribution >= 4 is 21.7 Å². The Morgan fingerprint density at radius 1 is 1.20 bits per heavy atom. The molecule has 0 bridgehead atoms. The lowest BCUT2D eigenvalue weighted by Crippen LogP contribution is -2.33. The van der Waals surface area contributed by atoms with E-state index in [1.54, 1.807) is 6.07 Å². The van der Waals surface area contributed by atoms with Crippen LogP contribution in [-0.4, -0.2) is 50.0 Å². The maximum absolute atomic E-state index is 12.2. The van der Waals surface area contributed by atoms with Crippen LogP contribution in [-0.2, 0) is 10.0 Å². The molecule has 2 fully saturated rings. The van der Waals surface area contributed by atoms with Crippen molar-refractivity contribution in [3.05, 3.63) is 53.9 Å². The molecule has 5 rings (SSSR count). The summed E-state index contributed by atoms with van der Waals surface area (Å²) >= 11 is 0. The van der Waals surface area contributed by atoms with Gasteiger partial charge in [-0.1, -0.05) is 37.3 Å². The highest BCUT2D eigenvalue weighted by Crippen LogP contribution is 2.39. The van der Waals surface area contributed by atoms with E-state index < -0.39 is 10.0 Å². The monoisotopic (exact) mass is 496 g/mol. The van der Waals surface area contributed by atoms with E-state index in [0.717, 1.165) is 36.5 Å². The molecule has 0 radical (unpaired) electrons. The van der Waals surface area contributed by atoms with Crippen LogP contribution >= 0.6 is 0 Å². The highest BCUT2D eigenvalue weighted by molar-refractivity contribution is 7.92. The molecule has 1 saturated heterocycles. The number of aromatic nitrogens is 3. The highest BCUT2D eigenvalue weighted by atomic mass is 32.2. The number of hydrogen-bond donors (Lipinski definition) is 2. The average Bonchev–Trinajstić information content (AvgIpc) is 3.35. The zero-order chi connectivity index (χ0) is 24.6. The fourth-order valence-electron chi connectivity index (χ4n) is 4.66. The van der Waals surface area contributed by atoms with Crippen molar-refractivity contribution in [3.8, 4) is 11.5 Å². The van der Waals surface area contributed by atoms with Crippen LogP contribution in [0.5, 0.6) is 0 Å². The summed E-state index contributed by atoms with van der Waals surface area (Å²) < 4.78 is 31.7. The van der Waals surface area contributed by atoms with E-state index in [2.05, 4.69) is 44.9 Å². The van der Waals surface area contributed by atoms with Gasteiger partial charge in [-0.15, -0.1) is 10.2 Å². The van der Waals surface area contributed by atoms with Crippen molar-refractivity contribution < 1.29 is 12.8 Å². The van der Waals surface area contributed by atoms with Crippen LogP contribution < -0.4 is 14.9 Å². The number of benzene rings is 1. The molecular weight excluding hydrogens is 464 g/mol. The number of piperidine rings is 1. The van der Waals surface area contributed by atoms with Gasteiger partial charge in [0.15, 0.2) is 0 Å². The first-order valence-electron chi connectivity index (χ1n) is 12.1. The number of pyridine rings is 1. The van der Waals surface area contributed by atoms with Gasteiger partial charge in [-0.05, 0) is 55.3 Å². The van der Waals surface area contributed by atoms with Crippen LogP contribution in [0.25, 0.3) is 11.5 Å². The van der Waals surface area contributed by atoms with Gasteiger partial charge >= 0.3 is 0 Å². The number of nitrogens with one attached hydrogen (secondary N) is 2. The lowest BCUT2D eigenvalue weighted by atomic mass is 9.85. The Kier molecular flexibility index (Phi) is 6.50. The molecular formula is C25H32N6O3S. The van der Waals surface area contributed by atoms with E-state index in [9.17, 15) is 8.42 Å². The first kappa shape index (κ1) is 23.7. The van der Waals surface area contributed by atoms with Gasteiger partial charge in [-0.2, -0.15) is 0 Å². The van der Waals surface area contributed by atoms with Crippen LogP contribution in [0.3, 0.4) is 0 Å². The van der Waals surface area contributed by atoms with Gasteiger partial charge in [0.1, 0.15) is 11.6 Å². The van der Waals surface area contributed by atoms with Gasteiger partial charge in [-0.3, -0.25) is 4.31 Å². The van der Waals surface area contributed by atoms with E-state index in [4.69, 9.17) is 4.42 Å². The summed E-state index contributed by atoms with van der Waals surface area (Å²) in [6.45, 7) is 3.90.